The van der Waals surface area contributed by atoms with Gasteiger partial charge in [-0.15, -0.1) is 0 Å². The van der Waals surface area contributed by atoms with E-state index in [-0.39, 0.29) is 57.9 Å². The van der Waals surface area contributed by atoms with Gasteiger partial charge in [0.2, 0.25) is 0 Å². The summed E-state index contributed by atoms with van der Waals surface area (Å²) in [6.07, 6.45) is 16.3. The molecular formula is C36H61BrN2O4. The molecule has 0 aromatic carbocycles. The van der Waals surface area contributed by atoms with Crippen LogP contribution in [-0.4, -0.2) is 78.8 Å². The van der Waals surface area contributed by atoms with Crippen molar-refractivity contribution in [1.29, 1.82) is 0 Å². The quantitative estimate of drug-likeness (QED) is 0.332. The van der Waals surface area contributed by atoms with Crippen LogP contribution < -0.4 is 17.0 Å². The van der Waals surface area contributed by atoms with Gasteiger partial charge in [-0.25, -0.2) is 0 Å². The Labute approximate surface area is 272 Å². The molecule has 4 aliphatic carbocycles. The zero-order valence-electron chi connectivity index (χ0n) is 28.1. The number of esters is 2. The monoisotopic (exact) mass is 664 g/mol. The second-order valence-electron chi connectivity index (χ2n) is 16.8. The fraction of sp³-hybridized carbons (Fsp3) is 0.944. The highest BCUT2D eigenvalue weighted by atomic mass is 79.9. The van der Waals surface area contributed by atoms with Gasteiger partial charge in [-0.05, 0) is 113 Å². The van der Waals surface area contributed by atoms with Crippen LogP contribution in [0.1, 0.15) is 118 Å². The number of carbonyl (C=O) groups is 2. The van der Waals surface area contributed by atoms with Crippen molar-refractivity contribution >= 4 is 11.9 Å². The Morgan fingerprint density at radius 1 is 0.860 bits per heavy atom. The second-order valence-corrected chi connectivity index (χ2v) is 16.8. The predicted octanol–water partition coefficient (Wildman–Crippen LogP) is 3.61. The maximum absolute atomic E-state index is 12.9. The molecule has 43 heavy (non-hydrogen) atoms. The molecule has 7 heteroatoms. The SMILES string of the molecule is CC(=O)O[C@H]1[C@@H]([N+]2(C)CCCCC2)CC2C3CC[C@H]4C[C@H](OC(=O)C(C)C)[C@@H](N5CCCCC5)C[C@]4(C)C3CC[C@@]21C.[Br-]. The van der Waals surface area contributed by atoms with E-state index in [2.05, 4.69) is 25.8 Å². The molecule has 2 saturated heterocycles. The van der Waals surface area contributed by atoms with Gasteiger partial charge in [-0.2, -0.15) is 0 Å². The molecule has 246 valence electrons. The van der Waals surface area contributed by atoms with Gasteiger partial charge in [-0.3, -0.25) is 14.5 Å². The largest absolute Gasteiger partial charge is 1.00 e. The van der Waals surface area contributed by atoms with Gasteiger partial charge in [0.1, 0.15) is 12.1 Å². The Balaban J connectivity index is 0.00000368. The molecule has 6 aliphatic rings. The van der Waals surface area contributed by atoms with Crippen molar-refractivity contribution in [3.63, 3.8) is 0 Å². The summed E-state index contributed by atoms with van der Waals surface area (Å²) < 4.78 is 13.8. The summed E-state index contributed by atoms with van der Waals surface area (Å²) in [7, 11) is 2.47. The van der Waals surface area contributed by atoms with E-state index in [1.807, 2.05) is 13.8 Å². The Hall–Kier alpha value is -0.660. The molecule has 0 spiro atoms. The highest BCUT2D eigenvalue weighted by Gasteiger charge is 2.67. The average Bonchev–Trinajstić information content (AvgIpc) is 3.26. The Bertz CT molecular complexity index is 1010. The first-order valence-corrected chi connectivity index (χ1v) is 17.9. The molecule has 0 aromatic heterocycles. The van der Waals surface area contributed by atoms with Gasteiger partial charge in [0.25, 0.3) is 0 Å². The van der Waals surface area contributed by atoms with Crippen LogP contribution in [0, 0.1) is 40.4 Å². The summed E-state index contributed by atoms with van der Waals surface area (Å²) in [5.41, 5.74) is 0.362. The second kappa shape index (κ2) is 12.9. The van der Waals surface area contributed by atoms with E-state index < -0.39 is 0 Å². The summed E-state index contributed by atoms with van der Waals surface area (Å²) in [6, 6.07) is 0.782. The first-order chi connectivity index (χ1) is 20.0. The van der Waals surface area contributed by atoms with Crippen molar-refractivity contribution < 1.29 is 40.5 Å². The Morgan fingerprint density at radius 2 is 1.53 bits per heavy atom. The summed E-state index contributed by atoms with van der Waals surface area (Å²) in [6.45, 7) is 15.5. The summed E-state index contributed by atoms with van der Waals surface area (Å²) in [4.78, 5) is 28.1. The zero-order chi connectivity index (χ0) is 29.9. The van der Waals surface area contributed by atoms with Crippen LogP contribution >= 0.6 is 0 Å². The van der Waals surface area contributed by atoms with E-state index >= 15 is 0 Å². The maximum Gasteiger partial charge on any atom is 0.308 e. The molecule has 4 saturated carbocycles. The van der Waals surface area contributed by atoms with Crippen LogP contribution in [0.15, 0.2) is 0 Å². The number of piperidine rings is 2. The van der Waals surface area contributed by atoms with E-state index in [9.17, 15) is 9.59 Å². The molecule has 0 bridgehead atoms. The third kappa shape index (κ3) is 5.99. The molecule has 0 radical (unpaired) electrons. The average molecular weight is 666 g/mol. The molecule has 0 N–H and O–H groups in total. The number of nitrogens with zero attached hydrogens (tertiary/aromatic N) is 2. The van der Waals surface area contributed by atoms with E-state index in [1.165, 1.54) is 90.1 Å². The van der Waals surface area contributed by atoms with Crippen LogP contribution in [0.2, 0.25) is 0 Å². The first kappa shape index (κ1) is 33.7. The van der Waals surface area contributed by atoms with Crippen LogP contribution in [0.5, 0.6) is 0 Å². The number of rotatable bonds is 5. The number of carbonyl (C=O) groups excluding carboxylic acids is 2. The molecule has 2 heterocycles. The lowest BCUT2D eigenvalue weighted by molar-refractivity contribution is -0.940. The number of likely N-dealkylation sites (tertiary alicyclic amines) is 2. The van der Waals surface area contributed by atoms with Crippen molar-refractivity contribution in [3.05, 3.63) is 0 Å². The van der Waals surface area contributed by atoms with Crippen LogP contribution in [0.3, 0.4) is 0 Å². The van der Waals surface area contributed by atoms with E-state index in [4.69, 9.17) is 9.47 Å². The molecule has 2 aliphatic heterocycles. The van der Waals surface area contributed by atoms with Crippen molar-refractivity contribution in [1.82, 2.24) is 4.90 Å². The number of quaternary nitrogens is 1. The maximum atomic E-state index is 12.9. The van der Waals surface area contributed by atoms with Crippen molar-refractivity contribution in [2.45, 2.75) is 142 Å². The van der Waals surface area contributed by atoms with E-state index in [1.54, 1.807) is 6.92 Å². The smallest absolute Gasteiger partial charge is 0.308 e. The number of halogens is 1. The fourth-order valence-corrected chi connectivity index (χ4v) is 11.8. The van der Waals surface area contributed by atoms with Crippen LogP contribution in [0.25, 0.3) is 0 Å². The zero-order valence-corrected chi connectivity index (χ0v) is 29.7. The molecule has 0 amide bonds. The number of ether oxygens (including phenoxy) is 2. The van der Waals surface area contributed by atoms with Crippen molar-refractivity contribution in [2.24, 2.45) is 40.4 Å². The van der Waals surface area contributed by atoms with Gasteiger partial charge < -0.3 is 30.9 Å². The third-order valence-electron chi connectivity index (χ3n) is 14.1. The molecule has 6 fully saturated rings. The normalized spacial score (nSPS) is 44.3. The molecule has 3 unspecified atom stereocenters. The highest BCUT2D eigenvalue weighted by Crippen LogP contribution is 2.67. The van der Waals surface area contributed by atoms with Crippen molar-refractivity contribution in [3.8, 4) is 0 Å². The molecular weight excluding hydrogens is 604 g/mol. The van der Waals surface area contributed by atoms with E-state index in [0.29, 0.717) is 35.8 Å². The number of hydrogen-bond acceptors (Lipinski definition) is 5. The number of fused-ring (bicyclic) bond motifs is 5. The summed E-state index contributed by atoms with van der Waals surface area (Å²) >= 11 is 0. The lowest BCUT2D eigenvalue weighted by Crippen LogP contribution is -3.00. The van der Waals surface area contributed by atoms with Gasteiger partial charge in [0.15, 0.2) is 6.10 Å². The molecule has 10 atom stereocenters. The molecule has 6 rings (SSSR count). The summed E-state index contributed by atoms with van der Waals surface area (Å²) in [5, 5.41) is 0. The molecule has 6 nitrogen and oxygen atoms in total. The van der Waals surface area contributed by atoms with Crippen LogP contribution in [0.4, 0.5) is 0 Å². The molecule has 0 aromatic rings. The lowest BCUT2D eigenvalue weighted by Gasteiger charge is -2.62. The third-order valence-corrected chi connectivity index (χ3v) is 14.1. The summed E-state index contributed by atoms with van der Waals surface area (Å²) in [5.74, 6) is 2.50. The van der Waals surface area contributed by atoms with Crippen molar-refractivity contribution in [2.75, 3.05) is 33.2 Å². The highest BCUT2D eigenvalue weighted by molar-refractivity contribution is 5.71. The fourth-order valence-electron chi connectivity index (χ4n) is 11.8. The van der Waals surface area contributed by atoms with Gasteiger partial charge in [0.05, 0.1) is 26.1 Å². The minimum Gasteiger partial charge on any atom is -1.00 e. The number of hydrogen-bond donors (Lipinski definition) is 0. The van der Waals surface area contributed by atoms with Gasteiger partial charge in [0, 0.05) is 24.8 Å². The minimum absolute atomic E-state index is 0. The predicted molar refractivity (Wildman–Crippen MR) is 166 cm³/mol. The van der Waals surface area contributed by atoms with Gasteiger partial charge in [-0.1, -0.05) is 34.1 Å². The lowest BCUT2D eigenvalue weighted by atomic mass is 9.44. The van der Waals surface area contributed by atoms with Gasteiger partial charge >= 0.3 is 11.9 Å². The minimum atomic E-state index is -0.0908. The van der Waals surface area contributed by atoms with Crippen LogP contribution in [-0.2, 0) is 19.1 Å². The first-order valence-electron chi connectivity index (χ1n) is 17.9. The van der Waals surface area contributed by atoms with E-state index in [0.717, 1.165) is 24.0 Å². The topological polar surface area (TPSA) is 55.8 Å². The Morgan fingerprint density at radius 3 is 2.19 bits per heavy atom. The Kier molecular flexibility index (Phi) is 10.1. The standard InChI is InChI=1S/C36H61N2O4.BrH/c1-24(2)34(40)42-32-21-26-13-14-27-28(36(26,5)23-30(32)37-17-9-7-10-18-37)15-16-35(4)29(27)22-31(33(35)41-25(3)39)38(6)19-11-8-12-20-38;/h24,26-33H,7-23H2,1-6H3;1H/q+1;/p-1/t26-,27?,28?,29?,30-,31-,32-,33-,35-,36-;/m0./s1. The number of likely N-dealkylation sites (N-methyl/N-ethyl adjacent to an activating group) is 1.